The van der Waals surface area contributed by atoms with Gasteiger partial charge >= 0.3 is 6.03 Å². The van der Waals surface area contributed by atoms with Crippen molar-refractivity contribution in [2.75, 3.05) is 37.0 Å². The number of nitrogens with one attached hydrogen (secondary N) is 3. The largest absolute Gasteiger partial charge is 0.490 e. The number of imide groups is 1. The Labute approximate surface area is 146 Å². The number of hydrogen-bond donors (Lipinski definition) is 3. The number of ether oxygens (including phenoxy) is 1. The maximum atomic E-state index is 12.7. The lowest BCUT2D eigenvalue weighted by atomic mass is 9.94. The van der Waals surface area contributed by atoms with Gasteiger partial charge in [-0.2, -0.15) is 0 Å². The first kappa shape index (κ1) is 18.6. The van der Waals surface area contributed by atoms with Gasteiger partial charge < -0.3 is 20.3 Å². The molecule has 0 radical (unpaired) electrons. The van der Waals surface area contributed by atoms with E-state index in [-0.39, 0.29) is 12.5 Å². The molecule has 1 aromatic rings. The summed E-state index contributed by atoms with van der Waals surface area (Å²) in [5.41, 5.74) is 0.816. The van der Waals surface area contributed by atoms with Gasteiger partial charge in [-0.25, -0.2) is 4.79 Å². The normalized spacial score (nSPS) is 13.4. The quantitative estimate of drug-likeness (QED) is 0.765. The van der Waals surface area contributed by atoms with Crippen LogP contribution in [0.4, 0.5) is 16.2 Å². The van der Waals surface area contributed by atoms with E-state index in [4.69, 9.17) is 4.74 Å². The standard InChI is InChI=1S/C17H24N4O4/c1-17(2,3)15(23)21-7-8-25-13-6-5-11(9-12(13)21)19-10-14(22)20-16(24)18-4/h5-6,9,19H,7-8,10H2,1-4H3,(H2,18,20,22,24). The minimum absolute atomic E-state index is 0.00607. The van der Waals surface area contributed by atoms with E-state index in [1.54, 1.807) is 23.1 Å². The number of amides is 4. The second kappa shape index (κ2) is 7.42. The molecule has 0 atom stereocenters. The van der Waals surface area contributed by atoms with Crippen LogP contribution in [-0.2, 0) is 9.59 Å². The second-order valence-electron chi connectivity index (χ2n) is 6.72. The molecule has 0 saturated heterocycles. The average molecular weight is 348 g/mol. The lowest BCUT2D eigenvalue weighted by molar-refractivity contribution is -0.126. The summed E-state index contributed by atoms with van der Waals surface area (Å²) >= 11 is 0. The van der Waals surface area contributed by atoms with Crippen LogP contribution in [0.5, 0.6) is 5.75 Å². The molecule has 25 heavy (non-hydrogen) atoms. The molecule has 1 heterocycles. The third-order valence-corrected chi connectivity index (χ3v) is 3.64. The molecule has 1 aliphatic rings. The van der Waals surface area contributed by atoms with Gasteiger partial charge in [0.05, 0.1) is 18.8 Å². The van der Waals surface area contributed by atoms with Crippen LogP contribution < -0.4 is 25.6 Å². The van der Waals surface area contributed by atoms with Crippen molar-refractivity contribution in [1.82, 2.24) is 10.6 Å². The van der Waals surface area contributed by atoms with E-state index in [1.165, 1.54) is 7.05 Å². The minimum Gasteiger partial charge on any atom is -0.490 e. The molecule has 1 aromatic carbocycles. The topological polar surface area (TPSA) is 99.8 Å². The summed E-state index contributed by atoms with van der Waals surface area (Å²) in [6, 6.07) is 4.73. The highest BCUT2D eigenvalue weighted by Crippen LogP contribution is 2.36. The van der Waals surface area contributed by atoms with Crippen LogP contribution >= 0.6 is 0 Å². The molecule has 8 nitrogen and oxygen atoms in total. The van der Waals surface area contributed by atoms with Gasteiger partial charge in [0.25, 0.3) is 0 Å². The van der Waals surface area contributed by atoms with Crippen molar-refractivity contribution < 1.29 is 19.1 Å². The first-order chi connectivity index (χ1) is 11.7. The zero-order valence-electron chi connectivity index (χ0n) is 14.9. The molecule has 136 valence electrons. The molecule has 0 saturated carbocycles. The van der Waals surface area contributed by atoms with Crippen LogP contribution in [0.3, 0.4) is 0 Å². The van der Waals surface area contributed by atoms with Gasteiger partial charge in [-0.05, 0) is 18.2 Å². The summed E-state index contributed by atoms with van der Waals surface area (Å²) in [6.07, 6.45) is 0. The van der Waals surface area contributed by atoms with E-state index in [9.17, 15) is 14.4 Å². The van der Waals surface area contributed by atoms with E-state index in [2.05, 4.69) is 16.0 Å². The maximum Gasteiger partial charge on any atom is 0.321 e. The lowest BCUT2D eigenvalue weighted by Crippen LogP contribution is -2.44. The molecule has 0 bridgehead atoms. The smallest absolute Gasteiger partial charge is 0.321 e. The Hall–Kier alpha value is -2.77. The van der Waals surface area contributed by atoms with Crippen molar-refractivity contribution in [3.63, 3.8) is 0 Å². The Morgan fingerprint density at radius 1 is 1.24 bits per heavy atom. The second-order valence-corrected chi connectivity index (χ2v) is 6.72. The number of rotatable bonds is 3. The predicted octanol–water partition coefficient (Wildman–Crippen LogP) is 1.33. The maximum absolute atomic E-state index is 12.7. The highest BCUT2D eigenvalue weighted by molar-refractivity contribution is 5.99. The summed E-state index contributed by atoms with van der Waals surface area (Å²) < 4.78 is 5.61. The molecule has 3 N–H and O–H groups in total. The average Bonchev–Trinajstić information content (AvgIpc) is 2.57. The number of hydrogen-bond acceptors (Lipinski definition) is 5. The fourth-order valence-corrected chi connectivity index (χ4v) is 2.36. The van der Waals surface area contributed by atoms with Gasteiger partial charge in [0.15, 0.2) is 0 Å². The molecular formula is C17H24N4O4. The fraction of sp³-hybridized carbons (Fsp3) is 0.471. The van der Waals surface area contributed by atoms with Crippen LogP contribution in [0.15, 0.2) is 18.2 Å². The number of carbonyl (C=O) groups is 3. The molecule has 8 heteroatoms. The monoisotopic (exact) mass is 348 g/mol. The first-order valence-electron chi connectivity index (χ1n) is 8.06. The highest BCUT2D eigenvalue weighted by Gasteiger charge is 2.31. The zero-order valence-corrected chi connectivity index (χ0v) is 14.9. The van der Waals surface area contributed by atoms with Gasteiger partial charge in [0, 0.05) is 18.2 Å². The van der Waals surface area contributed by atoms with Crippen LogP contribution in [0, 0.1) is 5.41 Å². The van der Waals surface area contributed by atoms with Crippen LogP contribution in [0.1, 0.15) is 20.8 Å². The SMILES string of the molecule is CNC(=O)NC(=O)CNc1ccc2c(c1)N(C(=O)C(C)(C)C)CCO2. The van der Waals surface area contributed by atoms with Crippen LogP contribution in [0.25, 0.3) is 0 Å². The molecular weight excluding hydrogens is 324 g/mol. The molecule has 0 aromatic heterocycles. The Morgan fingerprint density at radius 3 is 2.60 bits per heavy atom. The summed E-state index contributed by atoms with van der Waals surface area (Å²) in [4.78, 5) is 37.1. The van der Waals surface area contributed by atoms with Crippen molar-refractivity contribution in [3.05, 3.63) is 18.2 Å². The van der Waals surface area contributed by atoms with Crippen molar-refractivity contribution in [3.8, 4) is 5.75 Å². The Bertz CT molecular complexity index is 682. The highest BCUT2D eigenvalue weighted by atomic mass is 16.5. The van der Waals surface area contributed by atoms with Gasteiger partial charge in [0.2, 0.25) is 11.8 Å². The summed E-state index contributed by atoms with van der Waals surface area (Å²) in [7, 11) is 1.43. The summed E-state index contributed by atoms with van der Waals surface area (Å²) in [5.74, 6) is 0.173. The fourth-order valence-electron chi connectivity index (χ4n) is 2.36. The molecule has 1 aliphatic heterocycles. The van der Waals surface area contributed by atoms with E-state index < -0.39 is 17.4 Å². The van der Waals surface area contributed by atoms with Gasteiger partial charge in [-0.1, -0.05) is 20.8 Å². The minimum atomic E-state index is -0.562. The van der Waals surface area contributed by atoms with Crippen molar-refractivity contribution in [1.29, 1.82) is 0 Å². The Balaban J connectivity index is 2.13. The number of urea groups is 1. The van der Waals surface area contributed by atoms with E-state index >= 15 is 0 Å². The van der Waals surface area contributed by atoms with Crippen molar-refractivity contribution >= 4 is 29.2 Å². The predicted molar refractivity (Wildman–Crippen MR) is 94.8 cm³/mol. The molecule has 0 fully saturated rings. The molecule has 0 aliphatic carbocycles. The molecule has 0 unspecified atom stereocenters. The van der Waals surface area contributed by atoms with Gasteiger partial charge in [-0.15, -0.1) is 0 Å². The Morgan fingerprint density at radius 2 is 1.96 bits per heavy atom. The Kier molecular flexibility index (Phi) is 5.51. The van der Waals surface area contributed by atoms with Crippen LogP contribution in [0.2, 0.25) is 0 Å². The van der Waals surface area contributed by atoms with Crippen molar-refractivity contribution in [2.24, 2.45) is 5.41 Å². The third kappa shape index (κ3) is 4.62. The van der Waals surface area contributed by atoms with Crippen molar-refractivity contribution in [2.45, 2.75) is 20.8 Å². The van der Waals surface area contributed by atoms with E-state index in [0.717, 1.165) is 0 Å². The number of nitrogens with zero attached hydrogens (tertiary/aromatic N) is 1. The molecule has 0 spiro atoms. The zero-order chi connectivity index (χ0) is 18.6. The molecule has 4 amide bonds. The number of carbonyl (C=O) groups excluding carboxylic acids is 3. The van der Waals surface area contributed by atoms with Gasteiger partial charge in [-0.3, -0.25) is 14.9 Å². The lowest BCUT2D eigenvalue weighted by Gasteiger charge is -2.34. The van der Waals surface area contributed by atoms with E-state index in [0.29, 0.717) is 30.3 Å². The van der Waals surface area contributed by atoms with Crippen LogP contribution in [-0.4, -0.2) is 44.6 Å². The third-order valence-electron chi connectivity index (χ3n) is 3.64. The summed E-state index contributed by atoms with van der Waals surface area (Å²) in [5, 5.41) is 7.41. The van der Waals surface area contributed by atoms with Gasteiger partial charge in [0.1, 0.15) is 12.4 Å². The number of benzene rings is 1. The summed E-state index contributed by atoms with van der Waals surface area (Å²) in [6.45, 7) is 6.46. The first-order valence-corrected chi connectivity index (χ1v) is 8.06. The van der Waals surface area contributed by atoms with E-state index in [1.807, 2.05) is 20.8 Å². The number of fused-ring (bicyclic) bond motifs is 1. The number of anilines is 2. The molecule has 2 rings (SSSR count).